The van der Waals surface area contributed by atoms with E-state index in [-0.39, 0.29) is 6.04 Å². The molecule has 1 saturated heterocycles. The van der Waals surface area contributed by atoms with Crippen LogP contribution >= 0.6 is 0 Å². The van der Waals surface area contributed by atoms with Gasteiger partial charge in [-0.05, 0) is 27.4 Å². The van der Waals surface area contributed by atoms with E-state index in [2.05, 4.69) is 42.4 Å². The van der Waals surface area contributed by atoms with Gasteiger partial charge in [0.05, 0.1) is 6.04 Å². The molecule has 0 bridgehead atoms. The lowest BCUT2D eigenvalue weighted by Gasteiger charge is -2.25. The normalized spacial score (nSPS) is 25.9. The van der Waals surface area contributed by atoms with E-state index in [0.717, 1.165) is 13.1 Å². The topological polar surface area (TPSA) is 44.9 Å². The number of likely N-dealkylation sites (N-methyl/N-ethyl adjacent to an activating group) is 1. The maximum Gasteiger partial charge on any atom is 0.116 e. The Morgan fingerprint density at radius 3 is 2.80 bits per heavy atom. The van der Waals surface area contributed by atoms with E-state index in [0.29, 0.717) is 11.9 Å². The Kier molecular flexibility index (Phi) is 4.29. The van der Waals surface area contributed by atoms with Crippen LogP contribution in [0, 0.1) is 0 Å². The second-order valence-corrected chi connectivity index (χ2v) is 4.31. The van der Waals surface area contributed by atoms with Crippen LogP contribution in [-0.2, 0) is 0 Å². The summed E-state index contributed by atoms with van der Waals surface area (Å²) in [6.45, 7) is 7.82. The summed E-state index contributed by atoms with van der Waals surface area (Å²) in [6.07, 6.45) is 2.71. The SMILES string of the molecule is C=CN=C(N)C(C)N1CC[C@H](N(C)C)C1. The molecule has 0 aromatic rings. The molecule has 15 heavy (non-hydrogen) atoms. The molecule has 0 aromatic carbocycles. The van der Waals surface area contributed by atoms with Crippen LogP contribution in [0.4, 0.5) is 0 Å². The first-order valence-electron chi connectivity index (χ1n) is 5.40. The van der Waals surface area contributed by atoms with Crippen LogP contribution in [0.25, 0.3) is 0 Å². The Balaban J connectivity index is 2.53. The molecule has 2 atom stereocenters. The van der Waals surface area contributed by atoms with E-state index in [9.17, 15) is 0 Å². The summed E-state index contributed by atoms with van der Waals surface area (Å²) < 4.78 is 0. The number of amidine groups is 1. The molecule has 0 amide bonds. The Bertz CT molecular complexity index is 247. The summed E-state index contributed by atoms with van der Waals surface area (Å²) in [7, 11) is 4.25. The molecule has 2 N–H and O–H groups in total. The third-order valence-corrected chi connectivity index (χ3v) is 3.14. The highest BCUT2D eigenvalue weighted by atomic mass is 15.3. The van der Waals surface area contributed by atoms with E-state index < -0.39 is 0 Å². The minimum Gasteiger partial charge on any atom is -0.386 e. The van der Waals surface area contributed by atoms with Crippen LogP contribution in [0.5, 0.6) is 0 Å². The second-order valence-electron chi connectivity index (χ2n) is 4.31. The van der Waals surface area contributed by atoms with Crippen molar-refractivity contribution < 1.29 is 0 Å². The molecule has 0 aromatic heterocycles. The van der Waals surface area contributed by atoms with Crippen molar-refractivity contribution in [3.63, 3.8) is 0 Å². The molecule has 1 aliphatic rings. The maximum atomic E-state index is 5.85. The summed E-state index contributed by atoms with van der Waals surface area (Å²) in [4.78, 5) is 8.68. The van der Waals surface area contributed by atoms with Gasteiger partial charge in [0, 0.05) is 25.3 Å². The van der Waals surface area contributed by atoms with Crippen molar-refractivity contribution >= 4 is 5.84 Å². The van der Waals surface area contributed by atoms with Gasteiger partial charge in [0.2, 0.25) is 0 Å². The van der Waals surface area contributed by atoms with Crippen molar-refractivity contribution in [2.75, 3.05) is 27.2 Å². The molecule has 1 unspecified atom stereocenters. The van der Waals surface area contributed by atoms with E-state index in [1.807, 2.05) is 0 Å². The highest BCUT2D eigenvalue weighted by molar-refractivity contribution is 5.85. The molecule has 0 radical (unpaired) electrons. The minimum absolute atomic E-state index is 0.216. The van der Waals surface area contributed by atoms with Crippen molar-refractivity contribution in [3.05, 3.63) is 12.8 Å². The van der Waals surface area contributed by atoms with Gasteiger partial charge in [-0.15, -0.1) is 0 Å². The molecule has 4 nitrogen and oxygen atoms in total. The van der Waals surface area contributed by atoms with E-state index >= 15 is 0 Å². The predicted molar refractivity (Wildman–Crippen MR) is 64.9 cm³/mol. The first kappa shape index (κ1) is 12.2. The van der Waals surface area contributed by atoms with Gasteiger partial charge in [-0.3, -0.25) is 4.90 Å². The molecular formula is C11H22N4. The average molecular weight is 210 g/mol. The number of hydrogen-bond acceptors (Lipinski definition) is 3. The second kappa shape index (κ2) is 5.28. The van der Waals surface area contributed by atoms with Gasteiger partial charge in [-0.1, -0.05) is 6.58 Å². The van der Waals surface area contributed by atoms with Crippen LogP contribution in [0.2, 0.25) is 0 Å². The number of aliphatic imine (C=N–C) groups is 1. The average Bonchev–Trinajstić information content (AvgIpc) is 2.65. The summed E-state index contributed by atoms with van der Waals surface area (Å²) in [5.41, 5.74) is 5.85. The molecule has 86 valence electrons. The quantitative estimate of drug-likeness (QED) is 0.543. The fraction of sp³-hybridized carbons (Fsp3) is 0.727. The van der Waals surface area contributed by atoms with Crippen molar-refractivity contribution in [1.82, 2.24) is 9.80 Å². The fourth-order valence-corrected chi connectivity index (χ4v) is 1.94. The van der Waals surface area contributed by atoms with Crippen molar-refractivity contribution in [2.24, 2.45) is 10.7 Å². The third kappa shape index (κ3) is 3.04. The molecule has 0 saturated carbocycles. The Labute approximate surface area is 92.4 Å². The molecular weight excluding hydrogens is 188 g/mol. The lowest BCUT2D eigenvalue weighted by atomic mass is 10.2. The number of likely N-dealkylation sites (tertiary alicyclic amines) is 1. The van der Waals surface area contributed by atoms with Gasteiger partial charge >= 0.3 is 0 Å². The molecule has 0 aliphatic carbocycles. The maximum absolute atomic E-state index is 5.85. The van der Waals surface area contributed by atoms with Gasteiger partial charge in [0.1, 0.15) is 5.84 Å². The summed E-state index contributed by atoms with van der Waals surface area (Å²) in [5, 5.41) is 0. The monoisotopic (exact) mass is 210 g/mol. The van der Waals surface area contributed by atoms with E-state index in [4.69, 9.17) is 5.73 Å². The van der Waals surface area contributed by atoms with E-state index in [1.54, 1.807) is 0 Å². The zero-order valence-corrected chi connectivity index (χ0v) is 9.98. The lowest BCUT2D eigenvalue weighted by molar-refractivity contribution is 0.257. The molecule has 1 aliphatic heterocycles. The summed E-state index contributed by atoms with van der Waals surface area (Å²) >= 11 is 0. The zero-order valence-electron chi connectivity index (χ0n) is 9.98. The Morgan fingerprint density at radius 2 is 2.33 bits per heavy atom. The van der Waals surface area contributed by atoms with Gasteiger partial charge in [-0.25, -0.2) is 4.99 Å². The van der Waals surface area contributed by atoms with Crippen LogP contribution in [-0.4, -0.2) is 54.9 Å². The third-order valence-electron chi connectivity index (χ3n) is 3.14. The Morgan fingerprint density at radius 1 is 1.67 bits per heavy atom. The molecule has 1 rings (SSSR count). The zero-order chi connectivity index (χ0) is 11.4. The van der Waals surface area contributed by atoms with Gasteiger partial charge in [0.15, 0.2) is 0 Å². The van der Waals surface area contributed by atoms with Gasteiger partial charge in [-0.2, -0.15) is 0 Å². The first-order chi connectivity index (χ1) is 7.06. The first-order valence-corrected chi connectivity index (χ1v) is 5.40. The van der Waals surface area contributed by atoms with E-state index in [1.165, 1.54) is 12.6 Å². The van der Waals surface area contributed by atoms with Crippen LogP contribution in [0.1, 0.15) is 13.3 Å². The lowest BCUT2D eigenvalue weighted by Crippen LogP contribution is -2.43. The minimum atomic E-state index is 0.216. The number of nitrogens with two attached hydrogens (primary N) is 1. The number of nitrogens with zero attached hydrogens (tertiary/aromatic N) is 3. The van der Waals surface area contributed by atoms with Gasteiger partial charge in [0.25, 0.3) is 0 Å². The highest BCUT2D eigenvalue weighted by Gasteiger charge is 2.28. The standard InChI is InChI=1S/C11H22N4/c1-5-13-11(12)9(2)15-7-6-10(8-15)14(3)4/h5,9-10H,1,6-8H2,2-4H3,(H2,12,13)/t9?,10-/m0/s1. The van der Waals surface area contributed by atoms with Crippen LogP contribution in [0.15, 0.2) is 17.8 Å². The van der Waals surface area contributed by atoms with Gasteiger partial charge < -0.3 is 10.6 Å². The molecule has 0 spiro atoms. The molecule has 1 fully saturated rings. The van der Waals surface area contributed by atoms with Crippen molar-refractivity contribution in [2.45, 2.75) is 25.4 Å². The van der Waals surface area contributed by atoms with Crippen LogP contribution < -0.4 is 5.73 Å². The predicted octanol–water partition coefficient (Wildman–Crippen LogP) is 0.512. The molecule has 4 heteroatoms. The van der Waals surface area contributed by atoms with Crippen LogP contribution in [0.3, 0.4) is 0 Å². The van der Waals surface area contributed by atoms with Crippen molar-refractivity contribution in [3.8, 4) is 0 Å². The smallest absolute Gasteiger partial charge is 0.116 e. The Hall–Kier alpha value is -0.870. The fourth-order valence-electron chi connectivity index (χ4n) is 1.94. The van der Waals surface area contributed by atoms with Crippen molar-refractivity contribution in [1.29, 1.82) is 0 Å². The summed E-state index contributed by atoms with van der Waals surface area (Å²) in [6, 6.07) is 0.858. The largest absolute Gasteiger partial charge is 0.386 e. The number of rotatable bonds is 4. The summed E-state index contributed by atoms with van der Waals surface area (Å²) in [5.74, 6) is 0.657. The highest BCUT2D eigenvalue weighted by Crippen LogP contribution is 2.15. The molecule has 1 heterocycles. The number of hydrogen-bond donors (Lipinski definition) is 1.